The summed E-state index contributed by atoms with van der Waals surface area (Å²) in [6.45, 7) is 1.47. The third-order valence-corrected chi connectivity index (χ3v) is 4.00. The van der Waals surface area contributed by atoms with Crippen LogP contribution < -0.4 is 5.32 Å². The van der Waals surface area contributed by atoms with E-state index in [0.717, 1.165) is 11.8 Å². The molecule has 2 N–H and O–H groups in total. The molecule has 7 nitrogen and oxygen atoms in total. The minimum atomic E-state index is -0.655. The molecule has 8 heteroatoms. The number of nitrogens with one attached hydrogen (secondary N) is 2. The number of hydrogen-bond donors (Lipinski definition) is 2. The van der Waals surface area contributed by atoms with Crippen molar-refractivity contribution in [3.63, 3.8) is 0 Å². The van der Waals surface area contributed by atoms with Gasteiger partial charge in [-0.2, -0.15) is 5.10 Å². The second-order valence-electron chi connectivity index (χ2n) is 5.46. The predicted molar refractivity (Wildman–Crippen MR) is 83.0 cm³/mol. The molecule has 1 amide bonds. The summed E-state index contributed by atoms with van der Waals surface area (Å²) < 4.78 is 18.2. The van der Waals surface area contributed by atoms with E-state index in [1.807, 2.05) is 12.1 Å². The van der Waals surface area contributed by atoms with Crippen LogP contribution in [-0.2, 0) is 4.74 Å². The number of amides is 1. The van der Waals surface area contributed by atoms with Crippen molar-refractivity contribution in [3.8, 4) is 0 Å². The fourth-order valence-electron chi connectivity index (χ4n) is 2.71. The van der Waals surface area contributed by atoms with Gasteiger partial charge in [-0.25, -0.2) is 9.18 Å². The summed E-state index contributed by atoms with van der Waals surface area (Å²) in [5.41, 5.74) is 1.27. The first-order valence-corrected chi connectivity index (χ1v) is 7.50. The van der Waals surface area contributed by atoms with Gasteiger partial charge in [0.15, 0.2) is 11.5 Å². The molecule has 0 aliphatic carbocycles. The summed E-state index contributed by atoms with van der Waals surface area (Å²) in [4.78, 5) is 25.4. The van der Waals surface area contributed by atoms with Gasteiger partial charge in [0.05, 0.1) is 18.9 Å². The van der Waals surface area contributed by atoms with Crippen LogP contribution >= 0.6 is 0 Å². The maximum absolute atomic E-state index is 13.5. The predicted octanol–water partition coefficient (Wildman–Crippen LogP) is 1.12. The van der Waals surface area contributed by atoms with Crippen molar-refractivity contribution < 1.29 is 18.7 Å². The summed E-state index contributed by atoms with van der Waals surface area (Å²) in [5, 5.41) is 9.25. The van der Waals surface area contributed by atoms with E-state index in [-0.39, 0.29) is 11.7 Å². The molecule has 1 aliphatic heterocycles. The first kappa shape index (κ1) is 16.1. The molecular formula is C16H17FN4O3. The number of rotatable bonds is 3. The average Bonchev–Trinajstić information content (AvgIpc) is 3.06. The molecule has 126 valence electrons. The monoisotopic (exact) mass is 332 g/mol. The summed E-state index contributed by atoms with van der Waals surface area (Å²) in [7, 11) is 1.33. The van der Waals surface area contributed by atoms with Gasteiger partial charge in [0.1, 0.15) is 0 Å². The topological polar surface area (TPSA) is 87.3 Å². The lowest BCUT2D eigenvalue weighted by atomic mass is 10.0. The van der Waals surface area contributed by atoms with Gasteiger partial charge in [-0.15, -0.1) is 0 Å². The molecule has 3 rings (SSSR count). The number of aromatic nitrogens is 2. The SMILES string of the molecule is COC(=O)c1ccc(C2CN(C(=O)c3[nH]ncc3F)CCN2)cc1. The Hall–Kier alpha value is -2.74. The number of halogens is 1. The first-order valence-electron chi connectivity index (χ1n) is 7.50. The molecule has 0 bridgehead atoms. The van der Waals surface area contributed by atoms with Crippen LogP contribution in [0.25, 0.3) is 0 Å². The van der Waals surface area contributed by atoms with Gasteiger partial charge in [0, 0.05) is 25.7 Å². The molecule has 2 heterocycles. The van der Waals surface area contributed by atoms with Crippen LogP contribution in [0.15, 0.2) is 30.5 Å². The Morgan fingerprint density at radius 3 is 2.71 bits per heavy atom. The van der Waals surface area contributed by atoms with E-state index >= 15 is 0 Å². The van der Waals surface area contributed by atoms with E-state index in [1.54, 1.807) is 17.0 Å². The number of benzene rings is 1. The maximum Gasteiger partial charge on any atom is 0.337 e. The van der Waals surface area contributed by atoms with Gasteiger partial charge in [0.2, 0.25) is 0 Å². The van der Waals surface area contributed by atoms with E-state index in [0.29, 0.717) is 25.2 Å². The molecule has 24 heavy (non-hydrogen) atoms. The molecular weight excluding hydrogens is 315 g/mol. The Balaban J connectivity index is 1.72. The zero-order chi connectivity index (χ0) is 17.1. The van der Waals surface area contributed by atoms with Crippen LogP contribution in [-0.4, -0.2) is 53.7 Å². The van der Waals surface area contributed by atoms with Gasteiger partial charge in [-0.1, -0.05) is 12.1 Å². The van der Waals surface area contributed by atoms with E-state index in [2.05, 4.69) is 20.3 Å². The van der Waals surface area contributed by atoms with Crippen molar-refractivity contribution in [1.82, 2.24) is 20.4 Å². The van der Waals surface area contributed by atoms with Crippen molar-refractivity contribution in [2.24, 2.45) is 0 Å². The number of aromatic amines is 1. The summed E-state index contributed by atoms with van der Waals surface area (Å²) in [6.07, 6.45) is 0.985. The van der Waals surface area contributed by atoms with Gasteiger partial charge < -0.3 is 15.0 Å². The quantitative estimate of drug-likeness (QED) is 0.823. The van der Waals surface area contributed by atoms with E-state index in [1.165, 1.54) is 7.11 Å². The third kappa shape index (κ3) is 3.13. The summed E-state index contributed by atoms with van der Waals surface area (Å²) >= 11 is 0. The average molecular weight is 332 g/mol. The summed E-state index contributed by atoms with van der Waals surface area (Å²) in [6, 6.07) is 6.89. The van der Waals surface area contributed by atoms with E-state index in [9.17, 15) is 14.0 Å². The van der Waals surface area contributed by atoms with Gasteiger partial charge in [0.25, 0.3) is 5.91 Å². The molecule has 2 aromatic rings. The van der Waals surface area contributed by atoms with Crippen LogP contribution in [0.3, 0.4) is 0 Å². The first-order chi connectivity index (χ1) is 11.6. The van der Waals surface area contributed by atoms with Crippen molar-refractivity contribution in [3.05, 3.63) is 53.1 Å². The molecule has 1 aromatic heterocycles. The highest BCUT2D eigenvalue weighted by Gasteiger charge is 2.27. The Labute approximate surface area is 137 Å². The van der Waals surface area contributed by atoms with Gasteiger partial charge in [-0.05, 0) is 17.7 Å². The number of ether oxygens (including phenoxy) is 1. The smallest absolute Gasteiger partial charge is 0.337 e. The Morgan fingerprint density at radius 1 is 1.33 bits per heavy atom. The van der Waals surface area contributed by atoms with Crippen molar-refractivity contribution in [1.29, 1.82) is 0 Å². The molecule has 0 saturated carbocycles. The largest absolute Gasteiger partial charge is 0.465 e. The molecule has 1 unspecified atom stereocenters. The van der Waals surface area contributed by atoms with Crippen LogP contribution in [0, 0.1) is 5.82 Å². The fourth-order valence-corrected chi connectivity index (χ4v) is 2.71. The highest BCUT2D eigenvalue weighted by Crippen LogP contribution is 2.20. The maximum atomic E-state index is 13.5. The number of carbonyl (C=O) groups is 2. The fraction of sp³-hybridized carbons (Fsp3) is 0.312. The zero-order valence-electron chi connectivity index (χ0n) is 13.1. The second kappa shape index (κ2) is 6.79. The molecule has 1 aliphatic rings. The Morgan fingerprint density at radius 2 is 2.08 bits per heavy atom. The number of esters is 1. The van der Waals surface area contributed by atoms with Crippen molar-refractivity contribution in [2.45, 2.75) is 6.04 Å². The van der Waals surface area contributed by atoms with Crippen LogP contribution in [0.1, 0.15) is 32.5 Å². The van der Waals surface area contributed by atoms with E-state index in [4.69, 9.17) is 0 Å². The van der Waals surface area contributed by atoms with E-state index < -0.39 is 17.7 Å². The normalized spacial score (nSPS) is 17.6. The number of piperazine rings is 1. The number of nitrogens with zero attached hydrogens (tertiary/aromatic N) is 2. The lowest BCUT2D eigenvalue weighted by molar-refractivity contribution is 0.0600. The second-order valence-corrected chi connectivity index (χ2v) is 5.46. The number of carbonyl (C=O) groups excluding carboxylic acids is 2. The molecule has 1 fully saturated rings. The zero-order valence-corrected chi connectivity index (χ0v) is 13.1. The standard InChI is InChI=1S/C16H17FN4O3/c1-24-16(23)11-4-2-10(3-5-11)13-9-21(7-6-18-13)15(22)14-12(17)8-19-20-14/h2-5,8,13,18H,6-7,9H2,1H3,(H,19,20). The molecule has 1 aromatic carbocycles. The molecule has 0 radical (unpaired) electrons. The molecule has 1 saturated heterocycles. The minimum absolute atomic E-state index is 0.0969. The number of methoxy groups -OCH3 is 1. The number of hydrogen-bond acceptors (Lipinski definition) is 5. The summed E-state index contributed by atoms with van der Waals surface area (Å²) in [5.74, 6) is -1.47. The van der Waals surface area contributed by atoms with Gasteiger partial charge >= 0.3 is 5.97 Å². The molecule has 1 atom stereocenters. The van der Waals surface area contributed by atoms with Crippen LogP contribution in [0.5, 0.6) is 0 Å². The van der Waals surface area contributed by atoms with Crippen LogP contribution in [0.4, 0.5) is 4.39 Å². The van der Waals surface area contributed by atoms with Crippen molar-refractivity contribution in [2.75, 3.05) is 26.7 Å². The van der Waals surface area contributed by atoms with Crippen molar-refractivity contribution >= 4 is 11.9 Å². The minimum Gasteiger partial charge on any atom is -0.465 e. The Kier molecular flexibility index (Phi) is 4.57. The molecule has 0 spiro atoms. The Bertz CT molecular complexity index is 744. The highest BCUT2D eigenvalue weighted by atomic mass is 19.1. The third-order valence-electron chi connectivity index (χ3n) is 4.00. The van der Waals surface area contributed by atoms with Crippen LogP contribution in [0.2, 0.25) is 0 Å². The number of H-pyrrole nitrogens is 1. The highest BCUT2D eigenvalue weighted by molar-refractivity contribution is 5.92. The van der Waals surface area contributed by atoms with Gasteiger partial charge in [-0.3, -0.25) is 9.89 Å². The lowest BCUT2D eigenvalue weighted by Crippen LogP contribution is -2.48. The lowest BCUT2D eigenvalue weighted by Gasteiger charge is -2.33.